The van der Waals surface area contributed by atoms with Crippen LogP contribution >= 0.6 is 23.2 Å². The summed E-state index contributed by atoms with van der Waals surface area (Å²) in [6.45, 7) is 4.38. The quantitative estimate of drug-likeness (QED) is 0.325. The number of ether oxygens (including phenoxy) is 2. The highest BCUT2D eigenvalue weighted by molar-refractivity contribution is 7.92. The fraction of sp³-hybridized carbons (Fsp3) is 0.231. The van der Waals surface area contributed by atoms with Gasteiger partial charge in [-0.1, -0.05) is 65.7 Å². The Labute approximate surface area is 220 Å². The molecule has 0 aliphatic heterocycles. The van der Waals surface area contributed by atoms with Gasteiger partial charge in [0, 0.05) is 0 Å². The van der Waals surface area contributed by atoms with E-state index in [4.69, 9.17) is 32.7 Å². The second-order valence-corrected chi connectivity index (χ2v) is 11.4. The van der Waals surface area contributed by atoms with Gasteiger partial charge in [-0.25, -0.2) is 18.0 Å². The van der Waals surface area contributed by atoms with E-state index < -0.39 is 34.2 Å². The number of anilines is 1. The predicted molar refractivity (Wildman–Crippen MR) is 139 cm³/mol. The van der Waals surface area contributed by atoms with Crippen molar-refractivity contribution < 1.29 is 27.5 Å². The Bertz CT molecular complexity index is 1350. The van der Waals surface area contributed by atoms with Gasteiger partial charge in [0.1, 0.15) is 5.60 Å². The van der Waals surface area contributed by atoms with E-state index in [1.807, 2.05) is 6.07 Å². The van der Waals surface area contributed by atoms with Crippen molar-refractivity contribution in [3.8, 4) is 0 Å². The molecule has 0 amide bonds. The van der Waals surface area contributed by atoms with Crippen LogP contribution in [-0.4, -0.2) is 32.6 Å². The summed E-state index contributed by atoms with van der Waals surface area (Å²) >= 11 is 12.5. The van der Waals surface area contributed by atoms with Gasteiger partial charge in [-0.15, -0.1) is 0 Å². The highest BCUT2D eigenvalue weighted by atomic mass is 35.5. The predicted octanol–water partition coefficient (Wildman–Crippen LogP) is 5.89. The monoisotopic (exact) mass is 549 g/mol. The molecule has 190 valence electrons. The molecule has 3 aromatic rings. The highest BCUT2D eigenvalue weighted by Crippen LogP contribution is 2.33. The second-order valence-electron chi connectivity index (χ2n) is 8.75. The summed E-state index contributed by atoms with van der Waals surface area (Å²) in [6.07, 6.45) is 0. The molecule has 0 atom stereocenters. The topological polar surface area (TPSA) is 90.0 Å². The molecule has 0 saturated carbocycles. The molecule has 10 heteroatoms. The smallest absolute Gasteiger partial charge is 0.344 e. The van der Waals surface area contributed by atoms with Gasteiger partial charge in [0.15, 0.2) is 6.61 Å². The van der Waals surface area contributed by atoms with Gasteiger partial charge in [0.05, 0.1) is 32.7 Å². The Morgan fingerprint density at radius 2 is 1.53 bits per heavy atom. The first-order chi connectivity index (χ1) is 16.9. The Balaban J connectivity index is 1.95. The van der Waals surface area contributed by atoms with E-state index >= 15 is 0 Å². The lowest BCUT2D eigenvalue weighted by atomic mass is 10.2. The number of sulfonamides is 1. The minimum absolute atomic E-state index is 0.00600. The molecule has 0 aliphatic carbocycles. The van der Waals surface area contributed by atoms with E-state index in [0.29, 0.717) is 0 Å². The molecule has 0 radical (unpaired) electrons. The van der Waals surface area contributed by atoms with Crippen LogP contribution in [0, 0.1) is 0 Å². The maximum absolute atomic E-state index is 13.8. The molecular weight excluding hydrogens is 525 g/mol. The summed E-state index contributed by atoms with van der Waals surface area (Å²) in [7, 11) is -4.21. The van der Waals surface area contributed by atoms with Crippen LogP contribution in [0.15, 0.2) is 77.7 Å². The normalized spacial score (nSPS) is 11.6. The van der Waals surface area contributed by atoms with Gasteiger partial charge < -0.3 is 9.47 Å². The van der Waals surface area contributed by atoms with Crippen LogP contribution in [0.4, 0.5) is 5.69 Å². The van der Waals surface area contributed by atoms with Crippen LogP contribution in [0.5, 0.6) is 0 Å². The number of rotatable bonds is 8. The first kappa shape index (κ1) is 27.5. The van der Waals surface area contributed by atoms with Crippen LogP contribution in [0.2, 0.25) is 10.0 Å². The van der Waals surface area contributed by atoms with E-state index in [1.54, 1.807) is 69.3 Å². The average molecular weight is 550 g/mol. The molecule has 0 fully saturated rings. The van der Waals surface area contributed by atoms with E-state index in [0.717, 1.165) is 15.9 Å². The number of benzene rings is 3. The van der Waals surface area contributed by atoms with Gasteiger partial charge in [-0.3, -0.25) is 4.31 Å². The second kappa shape index (κ2) is 11.3. The largest absolute Gasteiger partial charge is 0.457 e. The van der Waals surface area contributed by atoms with E-state index in [-0.39, 0.29) is 32.7 Å². The molecule has 0 saturated heterocycles. The zero-order chi connectivity index (χ0) is 26.5. The number of hydrogen-bond donors (Lipinski definition) is 0. The molecule has 3 aromatic carbocycles. The van der Waals surface area contributed by atoms with Crippen molar-refractivity contribution in [1.82, 2.24) is 0 Å². The number of carbonyl (C=O) groups is 2. The fourth-order valence-corrected chi connectivity index (χ4v) is 5.21. The summed E-state index contributed by atoms with van der Waals surface area (Å²) in [4.78, 5) is 24.4. The molecule has 7 nitrogen and oxygen atoms in total. The number of carbonyl (C=O) groups excluding carboxylic acids is 2. The first-order valence-corrected chi connectivity index (χ1v) is 13.1. The van der Waals surface area contributed by atoms with Crippen LogP contribution in [0.25, 0.3) is 0 Å². The molecular formula is C26H25Cl2NO6S. The third-order valence-electron chi connectivity index (χ3n) is 4.78. The molecule has 0 N–H and O–H groups in total. The van der Waals surface area contributed by atoms with Crippen LogP contribution in [-0.2, 0) is 30.8 Å². The van der Waals surface area contributed by atoms with Gasteiger partial charge in [-0.05, 0) is 56.7 Å². The molecule has 0 spiro atoms. The van der Waals surface area contributed by atoms with Crippen molar-refractivity contribution in [1.29, 1.82) is 0 Å². The maximum atomic E-state index is 13.8. The first-order valence-electron chi connectivity index (χ1n) is 10.9. The lowest BCUT2D eigenvalue weighted by molar-refractivity contribution is -0.158. The van der Waals surface area contributed by atoms with Gasteiger partial charge in [0.25, 0.3) is 10.0 Å². The van der Waals surface area contributed by atoms with Crippen LogP contribution in [0.3, 0.4) is 0 Å². The van der Waals surface area contributed by atoms with E-state index in [2.05, 4.69) is 0 Å². The Morgan fingerprint density at radius 3 is 2.17 bits per heavy atom. The van der Waals surface area contributed by atoms with Crippen molar-refractivity contribution in [2.45, 2.75) is 37.8 Å². The lowest BCUT2D eigenvalue weighted by Crippen LogP contribution is -2.31. The fourth-order valence-electron chi connectivity index (χ4n) is 3.22. The minimum Gasteiger partial charge on any atom is -0.457 e. The zero-order valence-corrected chi connectivity index (χ0v) is 22.2. The molecule has 0 heterocycles. The van der Waals surface area contributed by atoms with Crippen molar-refractivity contribution >= 4 is 50.9 Å². The summed E-state index contributed by atoms with van der Waals surface area (Å²) < 4.78 is 38.9. The summed E-state index contributed by atoms with van der Waals surface area (Å²) in [5.74, 6) is -1.71. The molecule has 36 heavy (non-hydrogen) atoms. The Hall–Kier alpha value is -3.07. The Morgan fingerprint density at radius 1 is 0.889 bits per heavy atom. The number of esters is 2. The van der Waals surface area contributed by atoms with Crippen molar-refractivity contribution in [2.75, 3.05) is 10.9 Å². The third-order valence-corrected chi connectivity index (χ3v) is 7.18. The molecule has 3 rings (SSSR count). The molecule has 0 unspecified atom stereocenters. The molecule has 0 aromatic heterocycles. The summed E-state index contributed by atoms with van der Waals surface area (Å²) in [5, 5.41) is 0.207. The van der Waals surface area contributed by atoms with Crippen LogP contribution in [0.1, 0.15) is 36.7 Å². The Kier molecular flexibility index (Phi) is 8.66. The van der Waals surface area contributed by atoms with Crippen molar-refractivity contribution in [3.63, 3.8) is 0 Å². The van der Waals surface area contributed by atoms with Gasteiger partial charge in [-0.2, -0.15) is 0 Å². The number of hydrogen-bond acceptors (Lipinski definition) is 6. The average Bonchev–Trinajstić information content (AvgIpc) is 2.81. The highest BCUT2D eigenvalue weighted by Gasteiger charge is 2.29. The SMILES string of the molecule is CC(C)(C)OC(=O)COC(=O)c1cc(S(=O)(=O)N(Cc2ccccc2)c2ccccc2Cl)ccc1Cl. The van der Waals surface area contributed by atoms with Gasteiger partial charge in [0.2, 0.25) is 0 Å². The number of nitrogens with zero attached hydrogens (tertiary/aromatic N) is 1. The van der Waals surface area contributed by atoms with Crippen molar-refractivity contribution in [3.05, 3.63) is 94.0 Å². The summed E-state index contributed by atoms with van der Waals surface area (Å²) in [5.41, 5.74) is 0.0369. The summed E-state index contributed by atoms with van der Waals surface area (Å²) in [6, 6.07) is 19.2. The minimum atomic E-state index is -4.21. The van der Waals surface area contributed by atoms with Crippen molar-refractivity contribution in [2.24, 2.45) is 0 Å². The third kappa shape index (κ3) is 7.00. The number of para-hydroxylation sites is 1. The maximum Gasteiger partial charge on any atom is 0.344 e. The zero-order valence-electron chi connectivity index (χ0n) is 19.9. The van der Waals surface area contributed by atoms with Gasteiger partial charge >= 0.3 is 11.9 Å². The molecule has 0 bridgehead atoms. The molecule has 0 aliphatic rings. The van der Waals surface area contributed by atoms with E-state index in [9.17, 15) is 18.0 Å². The lowest BCUT2D eigenvalue weighted by Gasteiger charge is -2.26. The number of halogens is 2. The standard InChI is InChI=1S/C26H25Cl2NO6S/c1-26(2,3)35-24(30)17-34-25(31)20-15-19(13-14-21(20)27)36(32,33)29(16-18-9-5-4-6-10-18)23-12-8-7-11-22(23)28/h4-15H,16-17H2,1-3H3. The van der Waals surface area contributed by atoms with Crippen LogP contribution < -0.4 is 4.31 Å². The van der Waals surface area contributed by atoms with E-state index in [1.165, 1.54) is 12.1 Å².